The SMILES string of the molecule is Cc1ccc(Cc2nc(CSc3cccc(Cl)c3)cs2)cc1. The molecule has 0 saturated carbocycles. The molecule has 0 radical (unpaired) electrons. The lowest BCUT2D eigenvalue weighted by molar-refractivity contribution is 1.09. The van der Waals surface area contributed by atoms with Crippen molar-refractivity contribution >= 4 is 34.7 Å². The first-order valence-electron chi connectivity index (χ1n) is 7.06. The van der Waals surface area contributed by atoms with Gasteiger partial charge < -0.3 is 0 Å². The van der Waals surface area contributed by atoms with Crippen LogP contribution >= 0.6 is 34.7 Å². The summed E-state index contributed by atoms with van der Waals surface area (Å²) < 4.78 is 0. The summed E-state index contributed by atoms with van der Waals surface area (Å²) in [6, 6.07) is 16.6. The number of thiazole rings is 1. The number of hydrogen-bond donors (Lipinski definition) is 0. The largest absolute Gasteiger partial charge is 0.245 e. The fourth-order valence-corrected chi connectivity index (χ4v) is 4.13. The Labute approximate surface area is 144 Å². The van der Waals surface area contributed by atoms with Crippen LogP contribution in [0.3, 0.4) is 0 Å². The van der Waals surface area contributed by atoms with E-state index in [-0.39, 0.29) is 0 Å². The highest BCUT2D eigenvalue weighted by Gasteiger charge is 2.05. The molecule has 0 unspecified atom stereocenters. The lowest BCUT2D eigenvalue weighted by atomic mass is 10.1. The van der Waals surface area contributed by atoms with Gasteiger partial charge in [-0.2, -0.15) is 0 Å². The van der Waals surface area contributed by atoms with Crippen molar-refractivity contribution in [1.29, 1.82) is 0 Å². The molecule has 1 nitrogen and oxygen atoms in total. The van der Waals surface area contributed by atoms with Crippen LogP contribution in [-0.2, 0) is 12.2 Å². The topological polar surface area (TPSA) is 12.9 Å². The molecule has 0 saturated heterocycles. The number of halogens is 1. The van der Waals surface area contributed by atoms with E-state index < -0.39 is 0 Å². The van der Waals surface area contributed by atoms with Crippen LogP contribution in [0.15, 0.2) is 58.8 Å². The van der Waals surface area contributed by atoms with Crippen LogP contribution in [0.4, 0.5) is 0 Å². The van der Waals surface area contributed by atoms with Gasteiger partial charge in [0.15, 0.2) is 0 Å². The van der Waals surface area contributed by atoms with E-state index in [1.807, 2.05) is 18.2 Å². The van der Waals surface area contributed by atoms with Crippen LogP contribution in [0, 0.1) is 6.92 Å². The minimum atomic E-state index is 0.781. The van der Waals surface area contributed by atoms with E-state index in [9.17, 15) is 0 Å². The van der Waals surface area contributed by atoms with Crippen LogP contribution in [0.5, 0.6) is 0 Å². The van der Waals surface area contributed by atoms with E-state index in [4.69, 9.17) is 16.6 Å². The number of hydrogen-bond acceptors (Lipinski definition) is 3. The van der Waals surface area contributed by atoms with E-state index in [0.29, 0.717) is 0 Å². The molecule has 2 aromatic carbocycles. The molecular formula is C18H16ClNS2. The quantitative estimate of drug-likeness (QED) is 0.527. The second kappa shape index (κ2) is 7.32. The molecule has 0 fully saturated rings. The Morgan fingerprint density at radius 1 is 1.14 bits per heavy atom. The molecule has 0 aliphatic carbocycles. The third-order valence-corrected chi connectivity index (χ3v) is 5.42. The molecule has 4 heteroatoms. The van der Waals surface area contributed by atoms with Gasteiger partial charge in [0.2, 0.25) is 0 Å². The van der Waals surface area contributed by atoms with Gasteiger partial charge in [0.05, 0.1) is 10.7 Å². The van der Waals surface area contributed by atoms with Crippen molar-refractivity contribution < 1.29 is 0 Å². The summed E-state index contributed by atoms with van der Waals surface area (Å²) in [5, 5.41) is 4.11. The van der Waals surface area contributed by atoms with Crippen LogP contribution in [-0.4, -0.2) is 4.98 Å². The minimum Gasteiger partial charge on any atom is -0.245 e. The average Bonchev–Trinajstić information content (AvgIpc) is 2.95. The molecule has 0 aliphatic rings. The molecule has 0 spiro atoms. The highest BCUT2D eigenvalue weighted by Crippen LogP contribution is 2.26. The standard InChI is InChI=1S/C18H16ClNS2/c1-13-5-7-14(8-6-13)9-18-20-16(12-22-18)11-21-17-4-2-3-15(19)10-17/h2-8,10,12H,9,11H2,1H3. The number of aryl methyl sites for hydroxylation is 1. The van der Waals surface area contributed by atoms with E-state index >= 15 is 0 Å². The summed E-state index contributed by atoms with van der Waals surface area (Å²) in [4.78, 5) is 5.91. The van der Waals surface area contributed by atoms with Gasteiger partial charge in [-0.1, -0.05) is 47.5 Å². The molecule has 0 N–H and O–H groups in total. The van der Waals surface area contributed by atoms with Crippen LogP contribution in [0.2, 0.25) is 5.02 Å². The van der Waals surface area contributed by atoms with Crippen molar-refractivity contribution in [2.24, 2.45) is 0 Å². The first-order valence-corrected chi connectivity index (χ1v) is 9.30. The normalized spacial score (nSPS) is 10.8. The van der Waals surface area contributed by atoms with E-state index in [1.165, 1.54) is 21.0 Å². The van der Waals surface area contributed by atoms with Gasteiger partial charge in [0.1, 0.15) is 0 Å². The van der Waals surface area contributed by atoms with Gasteiger partial charge in [-0.15, -0.1) is 23.1 Å². The zero-order chi connectivity index (χ0) is 15.4. The Bertz CT molecular complexity index is 750. The molecule has 3 aromatic rings. The fourth-order valence-electron chi connectivity index (χ4n) is 2.09. The van der Waals surface area contributed by atoms with Crippen molar-refractivity contribution in [3.63, 3.8) is 0 Å². The maximum atomic E-state index is 6.01. The van der Waals surface area contributed by atoms with Crippen LogP contribution < -0.4 is 0 Å². The molecule has 0 atom stereocenters. The Balaban J connectivity index is 1.60. The first-order chi connectivity index (χ1) is 10.7. The van der Waals surface area contributed by atoms with Crippen molar-refractivity contribution in [2.45, 2.75) is 24.0 Å². The van der Waals surface area contributed by atoms with E-state index in [1.54, 1.807) is 23.1 Å². The highest BCUT2D eigenvalue weighted by atomic mass is 35.5. The number of benzene rings is 2. The summed E-state index contributed by atoms with van der Waals surface area (Å²) in [6.07, 6.45) is 0.910. The number of nitrogens with zero attached hydrogens (tertiary/aromatic N) is 1. The number of rotatable bonds is 5. The molecule has 3 rings (SSSR count). The molecule has 0 aliphatic heterocycles. The van der Waals surface area contributed by atoms with Gasteiger partial charge in [0.25, 0.3) is 0 Å². The highest BCUT2D eigenvalue weighted by molar-refractivity contribution is 7.98. The minimum absolute atomic E-state index is 0.781. The first kappa shape index (κ1) is 15.6. The molecular weight excluding hydrogens is 330 g/mol. The molecule has 0 bridgehead atoms. The molecule has 0 amide bonds. The second-order valence-corrected chi connectivity index (χ2v) is 7.57. The zero-order valence-electron chi connectivity index (χ0n) is 12.3. The summed E-state index contributed by atoms with van der Waals surface area (Å²) >= 11 is 9.51. The lowest BCUT2D eigenvalue weighted by Crippen LogP contribution is -1.88. The predicted molar refractivity (Wildman–Crippen MR) is 97.1 cm³/mol. The summed E-state index contributed by atoms with van der Waals surface area (Å²) in [7, 11) is 0. The average molecular weight is 346 g/mol. The molecule has 22 heavy (non-hydrogen) atoms. The maximum absolute atomic E-state index is 6.01. The van der Waals surface area contributed by atoms with Crippen molar-refractivity contribution in [2.75, 3.05) is 0 Å². The van der Waals surface area contributed by atoms with Gasteiger partial charge in [-0.25, -0.2) is 4.98 Å². The van der Waals surface area contributed by atoms with E-state index in [2.05, 4.69) is 42.6 Å². The van der Waals surface area contributed by atoms with Gasteiger partial charge in [0, 0.05) is 27.5 Å². The maximum Gasteiger partial charge on any atom is 0.0972 e. The van der Waals surface area contributed by atoms with Gasteiger partial charge in [-0.3, -0.25) is 0 Å². The summed E-state index contributed by atoms with van der Waals surface area (Å²) in [5.74, 6) is 0.880. The van der Waals surface area contributed by atoms with Gasteiger partial charge in [-0.05, 0) is 30.7 Å². The molecule has 112 valence electrons. The summed E-state index contributed by atoms with van der Waals surface area (Å²) in [6.45, 7) is 2.11. The lowest BCUT2D eigenvalue weighted by Gasteiger charge is -2.00. The number of thioether (sulfide) groups is 1. The monoisotopic (exact) mass is 345 g/mol. The summed E-state index contributed by atoms with van der Waals surface area (Å²) in [5.41, 5.74) is 3.74. The number of aromatic nitrogens is 1. The smallest absolute Gasteiger partial charge is 0.0972 e. The third kappa shape index (κ3) is 4.35. The Hall–Kier alpha value is -1.29. The van der Waals surface area contributed by atoms with Crippen molar-refractivity contribution in [1.82, 2.24) is 4.98 Å². The third-order valence-electron chi connectivity index (χ3n) is 3.26. The van der Waals surface area contributed by atoms with Crippen LogP contribution in [0.25, 0.3) is 0 Å². The van der Waals surface area contributed by atoms with Crippen molar-refractivity contribution in [3.8, 4) is 0 Å². The van der Waals surface area contributed by atoms with E-state index in [0.717, 1.165) is 22.9 Å². The Morgan fingerprint density at radius 2 is 1.95 bits per heavy atom. The molecule has 1 heterocycles. The fraction of sp³-hybridized carbons (Fsp3) is 0.167. The predicted octanol–water partition coefficient (Wildman–Crippen LogP) is 5.99. The van der Waals surface area contributed by atoms with Crippen LogP contribution in [0.1, 0.15) is 21.8 Å². The Kier molecular flexibility index (Phi) is 5.19. The molecule has 1 aromatic heterocycles. The second-order valence-electron chi connectivity index (χ2n) is 5.14. The zero-order valence-corrected chi connectivity index (χ0v) is 14.6. The Morgan fingerprint density at radius 3 is 2.73 bits per heavy atom. The van der Waals surface area contributed by atoms with Gasteiger partial charge >= 0.3 is 0 Å². The van der Waals surface area contributed by atoms with Crippen molar-refractivity contribution in [3.05, 3.63) is 80.8 Å².